The van der Waals surface area contributed by atoms with Crippen molar-refractivity contribution in [3.8, 4) is 0 Å². The molecule has 2 rings (SSSR count). The van der Waals surface area contributed by atoms with Gasteiger partial charge in [0, 0.05) is 44.0 Å². The Morgan fingerprint density at radius 3 is 2.65 bits per heavy atom. The second kappa shape index (κ2) is 5.47. The van der Waals surface area contributed by atoms with Crippen LogP contribution >= 0.6 is 0 Å². The molecule has 1 N–H and O–H groups in total. The van der Waals surface area contributed by atoms with E-state index in [-0.39, 0.29) is 0 Å². The van der Waals surface area contributed by atoms with Crippen LogP contribution in [0.5, 0.6) is 0 Å². The minimum atomic E-state index is 0.346. The Balaban J connectivity index is 2.19. The van der Waals surface area contributed by atoms with E-state index in [1.807, 2.05) is 19.3 Å². The second-order valence-electron chi connectivity index (χ2n) is 4.72. The van der Waals surface area contributed by atoms with Crippen molar-refractivity contribution in [1.82, 2.24) is 15.2 Å². The molecule has 2 heterocycles. The number of hydrogen-bond acceptors (Lipinski definition) is 4. The zero-order chi connectivity index (χ0) is 12.3. The molecule has 0 saturated carbocycles. The van der Waals surface area contributed by atoms with Gasteiger partial charge in [0.05, 0.1) is 0 Å². The molecular weight excluding hydrogens is 212 g/mol. The Bertz CT molecular complexity index is 358. The number of piperazine rings is 1. The first-order valence-corrected chi connectivity index (χ1v) is 6.28. The molecular formula is C13H22N4. The van der Waals surface area contributed by atoms with Gasteiger partial charge in [-0.15, -0.1) is 0 Å². The minimum Gasteiger partial charge on any atom is -0.354 e. The van der Waals surface area contributed by atoms with Gasteiger partial charge >= 0.3 is 0 Å². The normalized spacial score (nSPS) is 19.4. The molecule has 0 amide bonds. The molecule has 1 aliphatic rings. The molecule has 4 heteroatoms. The number of pyridine rings is 1. The summed E-state index contributed by atoms with van der Waals surface area (Å²) in [7, 11) is 4.17. The molecule has 0 aliphatic carbocycles. The van der Waals surface area contributed by atoms with Crippen LogP contribution in [0.25, 0.3) is 0 Å². The first-order valence-electron chi connectivity index (χ1n) is 6.28. The molecule has 1 aliphatic heterocycles. The summed E-state index contributed by atoms with van der Waals surface area (Å²) in [6, 6.07) is 4.53. The van der Waals surface area contributed by atoms with Gasteiger partial charge in [0.15, 0.2) is 0 Å². The Hall–Kier alpha value is -1.13. The van der Waals surface area contributed by atoms with Gasteiger partial charge in [-0.2, -0.15) is 0 Å². The van der Waals surface area contributed by atoms with Crippen molar-refractivity contribution < 1.29 is 0 Å². The first kappa shape index (κ1) is 12.3. The van der Waals surface area contributed by atoms with Crippen LogP contribution in [0.3, 0.4) is 0 Å². The van der Waals surface area contributed by atoms with Crippen molar-refractivity contribution in [2.45, 2.75) is 13.0 Å². The maximum Gasteiger partial charge on any atom is 0.133 e. The van der Waals surface area contributed by atoms with E-state index in [1.165, 1.54) is 5.56 Å². The van der Waals surface area contributed by atoms with Crippen molar-refractivity contribution in [2.75, 3.05) is 45.2 Å². The van der Waals surface area contributed by atoms with E-state index in [1.54, 1.807) is 0 Å². The fourth-order valence-electron chi connectivity index (χ4n) is 2.19. The third-order valence-electron chi connectivity index (χ3n) is 3.52. The van der Waals surface area contributed by atoms with E-state index in [4.69, 9.17) is 0 Å². The Labute approximate surface area is 104 Å². The van der Waals surface area contributed by atoms with Crippen LogP contribution in [0, 0.1) is 0 Å². The average molecular weight is 234 g/mol. The zero-order valence-corrected chi connectivity index (χ0v) is 11.0. The van der Waals surface area contributed by atoms with E-state index in [0.29, 0.717) is 6.04 Å². The molecule has 1 unspecified atom stereocenters. The van der Waals surface area contributed by atoms with Crippen LogP contribution < -0.4 is 10.2 Å². The third-order valence-corrected chi connectivity index (χ3v) is 3.52. The Morgan fingerprint density at radius 2 is 2.00 bits per heavy atom. The van der Waals surface area contributed by atoms with Gasteiger partial charge in [-0.05, 0) is 27.1 Å². The highest BCUT2D eigenvalue weighted by Gasteiger charge is 2.19. The monoisotopic (exact) mass is 234 g/mol. The summed E-state index contributed by atoms with van der Waals surface area (Å²) < 4.78 is 0. The second-order valence-corrected chi connectivity index (χ2v) is 4.72. The summed E-state index contributed by atoms with van der Waals surface area (Å²) in [4.78, 5) is 9.32. The summed E-state index contributed by atoms with van der Waals surface area (Å²) in [5.74, 6) is 1.14. The molecule has 1 fully saturated rings. The van der Waals surface area contributed by atoms with E-state index in [2.05, 4.69) is 40.1 Å². The van der Waals surface area contributed by atoms with Crippen LogP contribution in [0.1, 0.15) is 18.5 Å². The van der Waals surface area contributed by atoms with Crippen molar-refractivity contribution in [3.63, 3.8) is 0 Å². The molecule has 1 aromatic heterocycles. The maximum atomic E-state index is 4.56. The molecule has 0 bridgehead atoms. The fourth-order valence-corrected chi connectivity index (χ4v) is 2.19. The lowest BCUT2D eigenvalue weighted by atomic mass is 10.1. The average Bonchev–Trinajstić information content (AvgIpc) is 2.39. The van der Waals surface area contributed by atoms with Crippen molar-refractivity contribution >= 4 is 5.82 Å². The molecule has 1 aromatic rings. The fraction of sp³-hybridized carbons (Fsp3) is 0.615. The van der Waals surface area contributed by atoms with Gasteiger partial charge in [-0.3, -0.25) is 0 Å². The van der Waals surface area contributed by atoms with Gasteiger partial charge in [0.25, 0.3) is 0 Å². The number of hydrogen-bond donors (Lipinski definition) is 1. The standard InChI is InChI=1S/C13H22N4/c1-11(14-2)12-5-4-6-15-13(12)17-9-7-16(3)8-10-17/h4-6,11,14H,7-10H2,1-3H3. The summed E-state index contributed by atoms with van der Waals surface area (Å²) in [5, 5.41) is 3.29. The molecule has 0 radical (unpaired) electrons. The lowest BCUT2D eigenvalue weighted by Crippen LogP contribution is -2.45. The maximum absolute atomic E-state index is 4.56. The van der Waals surface area contributed by atoms with Crippen molar-refractivity contribution in [2.24, 2.45) is 0 Å². The summed E-state index contributed by atoms with van der Waals surface area (Å²) in [5.41, 5.74) is 1.29. The SMILES string of the molecule is CNC(C)c1cccnc1N1CCN(C)CC1. The van der Waals surface area contributed by atoms with Crippen molar-refractivity contribution in [3.05, 3.63) is 23.9 Å². The number of nitrogens with one attached hydrogen (secondary N) is 1. The molecule has 1 atom stereocenters. The zero-order valence-electron chi connectivity index (χ0n) is 11.0. The van der Waals surface area contributed by atoms with Crippen LogP contribution in [0.2, 0.25) is 0 Å². The third kappa shape index (κ3) is 2.76. The number of anilines is 1. The lowest BCUT2D eigenvalue weighted by Gasteiger charge is -2.34. The number of nitrogens with zero attached hydrogens (tertiary/aromatic N) is 3. The lowest BCUT2D eigenvalue weighted by molar-refractivity contribution is 0.311. The Morgan fingerprint density at radius 1 is 1.29 bits per heavy atom. The molecule has 4 nitrogen and oxygen atoms in total. The predicted molar refractivity (Wildman–Crippen MR) is 71.4 cm³/mol. The number of aromatic nitrogens is 1. The molecule has 94 valence electrons. The van der Waals surface area contributed by atoms with Crippen LogP contribution in [-0.4, -0.2) is 50.2 Å². The van der Waals surface area contributed by atoms with E-state index in [9.17, 15) is 0 Å². The van der Waals surface area contributed by atoms with Crippen LogP contribution in [0.15, 0.2) is 18.3 Å². The van der Waals surface area contributed by atoms with Crippen LogP contribution in [0.4, 0.5) is 5.82 Å². The van der Waals surface area contributed by atoms with Gasteiger partial charge in [0.1, 0.15) is 5.82 Å². The van der Waals surface area contributed by atoms with E-state index >= 15 is 0 Å². The van der Waals surface area contributed by atoms with Crippen molar-refractivity contribution in [1.29, 1.82) is 0 Å². The smallest absolute Gasteiger partial charge is 0.133 e. The Kier molecular flexibility index (Phi) is 3.97. The van der Waals surface area contributed by atoms with Crippen LogP contribution in [-0.2, 0) is 0 Å². The van der Waals surface area contributed by atoms with E-state index < -0.39 is 0 Å². The highest BCUT2D eigenvalue weighted by Crippen LogP contribution is 2.24. The predicted octanol–water partition coefficient (Wildman–Crippen LogP) is 1.11. The van der Waals surface area contributed by atoms with Gasteiger partial charge in [0.2, 0.25) is 0 Å². The topological polar surface area (TPSA) is 31.4 Å². The number of likely N-dealkylation sites (N-methyl/N-ethyl adjacent to an activating group) is 1. The van der Waals surface area contributed by atoms with Gasteiger partial charge in [-0.1, -0.05) is 6.07 Å². The minimum absolute atomic E-state index is 0.346. The van der Waals surface area contributed by atoms with E-state index in [0.717, 1.165) is 32.0 Å². The van der Waals surface area contributed by atoms with Gasteiger partial charge in [-0.25, -0.2) is 4.98 Å². The number of rotatable bonds is 3. The first-order chi connectivity index (χ1) is 8.22. The van der Waals surface area contributed by atoms with Gasteiger partial charge < -0.3 is 15.1 Å². The molecule has 17 heavy (non-hydrogen) atoms. The molecule has 0 spiro atoms. The molecule has 0 aromatic carbocycles. The molecule has 1 saturated heterocycles. The largest absolute Gasteiger partial charge is 0.354 e. The summed E-state index contributed by atoms with van der Waals surface area (Å²) in [6.07, 6.45) is 1.89. The summed E-state index contributed by atoms with van der Waals surface area (Å²) in [6.45, 7) is 6.54. The highest BCUT2D eigenvalue weighted by molar-refractivity contribution is 5.48. The highest BCUT2D eigenvalue weighted by atomic mass is 15.3. The quantitative estimate of drug-likeness (QED) is 0.849. The summed E-state index contributed by atoms with van der Waals surface area (Å²) >= 11 is 0.